The molecule has 3 atom stereocenters. The van der Waals surface area contributed by atoms with Crippen LogP contribution in [0.4, 0.5) is 13.2 Å². The highest BCUT2D eigenvalue weighted by Crippen LogP contribution is 2.36. The highest BCUT2D eigenvalue weighted by Gasteiger charge is 2.31. The number of hydrogen-bond acceptors (Lipinski definition) is 3. The third-order valence-electron chi connectivity index (χ3n) is 8.00. The van der Waals surface area contributed by atoms with Gasteiger partial charge in [-0.25, -0.2) is 4.99 Å². The summed E-state index contributed by atoms with van der Waals surface area (Å²) in [6, 6.07) is 13.0. The van der Waals surface area contributed by atoms with Gasteiger partial charge in [0.25, 0.3) is 5.91 Å². The number of carbonyl (C=O) groups excluding carboxylic acids is 1. The highest BCUT2D eigenvalue weighted by molar-refractivity contribution is 6.05. The van der Waals surface area contributed by atoms with Crippen LogP contribution in [0.15, 0.2) is 53.5 Å². The first-order chi connectivity index (χ1) is 19.6. The molecule has 2 N–H and O–H groups in total. The van der Waals surface area contributed by atoms with Crippen molar-refractivity contribution in [1.29, 1.82) is 0 Å². The Morgan fingerprint density at radius 3 is 1.98 bits per heavy atom. The van der Waals surface area contributed by atoms with Gasteiger partial charge >= 0.3 is 6.18 Å². The molecule has 0 aromatic heterocycles. The molecule has 8 heteroatoms. The zero-order chi connectivity index (χ0) is 31.7. The monoisotopic (exact) mass is 588 g/mol. The summed E-state index contributed by atoms with van der Waals surface area (Å²) < 4.78 is 39.1. The van der Waals surface area contributed by atoms with Gasteiger partial charge in [0.05, 0.1) is 5.56 Å². The van der Waals surface area contributed by atoms with Crippen LogP contribution >= 0.6 is 0 Å². The Labute approximate surface area is 251 Å². The van der Waals surface area contributed by atoms with Crippen LogP contribution < -0.4 is 10.6 Å². The van der Waals surface area contributed by atoms with Gasteiger partial charge in [0.15, 0.2) is 5.96 Å². The lowest BCUT2D eigenvalue weighted by atomic mass is 9.78. The Kier molecular flexibility index (Phi) is 13.1. The van der Waals surface area contributed by atoms with E-state index in [9.17, 15) is 18.0 Å². The second-order valence-corrected chi connectivity index (χ2v) is 12.6. The van der Waals surface area contributed by atoms with Crippen molar-refractivity contribution in [3.05, 3.63) is 70.8 Å². The molecule has 2 aromatic rings. The first-order valence-corrected chi connectivity index (χ1v) is 15.2. The third-order valence-corrected chi connectivity index (χ3v) is 8.00. The summed E-state index contributed by atoms with van der Waals surface area (Å²) in [6.07, 6.45) is -0.549. The molecule has 5 nitrogen and oxygen atoms in total. The molecule has 3 unspecified atom stereocenters. The van der Waals surface area contributed by atoms with Gasteiger partial charge in [0.1, 0.15) is 6.17 Å². The molecule has 0 aliphatic heterocycles. The normalized spacial score (nSPS) is 15.0. The second-order valence-electron chi connectivity index (χ2n) is 12.6. The van der Waals surface area contributed by atoms with Crippen LogP contribution in [0.2, 0.25) is 0 Å². The first kappa shape index (κ1) is 35.3. The molecule has 234 valence electrons. The quantitative estimate of drug-likeness (QED) is 0.193. The van der Waals surface area contributed by atoms with Crippen molar-refractivity contribution in [2.75, 3.05) is 13.6 Å². The molecule has 0 saturated carbocycles. The molecule has 0 radical (unpaired) electrons. The number of halogens is 3. The predicted molar refractivity (Wildman–Crippen MR) is 168 cm³/mol. The molecule has 0 heterocycles. The van der Waals surface area contributed by atoms with E-state index in [2.05, 4.69) is 74.4 Å². The molecule has 2 rings (SSSR count). The number of rotatable bonds is 12. The Hall–Kier alpha value is -2.87. The van der Waals surface area contributed by atoms with Gasteiger partial charge in [0.2, 0.25) is 0 Å². The van der Waals surface area contributed by atoms with Crippen molar-refractivity contribution in [1.82, 2.24) is 15.5 Å². The number of alkyl halides is 3. The van der Waals surface area contributed by atoms with Gasteiger partial charge in [-0.15, -0.1) is 0 Å². The number of amides is 1. The average Bonchev–Trinajstić information content (AvgIpc) is 2.92. The van der Waals surface area contributed by atoms with Crippen molar-refractivity contribution in [3.63, 3.8) is 0 Å². The van der Waals surface area contributed by atoms with Gasteiger partial charge in [0, 0.05) is 11.1 Å². The van der Waals surface area contributed by atoms with E-state index < -0.39 is 23.2 Å². The van der Waals surface area contributed by atoms with Gasteiger partial charge in [-0.05, 0) is 102 Å². The van der Waals surface area contributed by atoms with Crippen LogP contribution in [0.1, 0.15) is 107 Å². The summed E-state index contributed by atoms with van der Waals surface area (Å²) in [4.78, 5) is 20.4. The molecular formula is C34H51F3N4O. The summed E-state index contributed by atoms with van der Waals surface area (Å²) in [5.41, 5.74) is 1.41. The fourth-order valence-electron chi connectivity index (χ4n) is 5.18. The van der Waals surface area contributed by atoms with Crippen molar-refractivity contribution >= 4 is 11.9 Å². The van der Waals surface area contributed by atoms with Crippen molar-refractivity contribution in [2.45, 2.75) is 105 Å². The van der Waals surface area contributed by atoms with E-state index in [0.717, 1.165) is 44.4 Å². The minimum Gasteiger partial charge on any atom is -0.351 e. The van der Waals surface area contributed by atoms with E-state index in [1.807, 2.05) is 27.8 Å². The highest BCUT2D eigenvalue weighted by atomic mass is 19.4. The van der Waals surface area contributed by atoms with Crippen LogP contribution in [-0.4, -0.2) is 42.1 Å². The maximum Gasteiger partial charge on any atom is 0.416 e. The molecule has 0 spiro atoms. The molecular weight excluding hydrogens is 537 g/mol. The number of guanidine groups is 1. The van der Waals surface area contributed by atoms with Crippen LogP contribution in [0.25, 0.3) is 0 Å². The lowest BCUT2D eigenvalue weighted by molar-refractivity contribution is -0.137. The van der Waals surface area contributed by atoms with Gasteiger partial charge < -0.3 is 5.32 Å². The van der Waals surface area contributed by atoms with Crippen LogP contribution in [0, 0.1) is 18.8 Å². The third kappa shape index (κ3) is 11.1. The maximum atomic E-state index is 13.2. The fourth-order valence-corrected chi connectivity index (χ4v) is 5.18. The number of aryl methyl sites for hydroxylation is 1. The smallest absolute Gasteiger partial charge is 0.351 e. The molecule has 1 amide bonds. The summed E-state index contributed by atoms with van der Waals surface area (Å²) in [6.45, 7) is 17.7. The van der Waals surface area contributed by atoms with Crippen molar-refractivity contribution in [2.24, 2.45) is 16.8 Å². The van der Waals surface area contributed by atoms with Gasteiger partial charge in [-0.3, -0.25) is 15.0 Å². The van der Waals surface area contributed by atoms with E-state index in [0.29, 0.717) is 17.8 Å². The van der Waals surface area contributed by atoms with Gasteiger partial charge in [-0.2, -0.15) is 13.2 Å². The minimum atomic E-state index is -4.47. The molecule has 0 bridgehead atoms. The topological polar surface area (TPSA) is 56.7 Å². The Bertz CT molecular complexity index is 1130. The molecule has 2 aromatic carbocycles. The SMILES string of the molecule is CCC(CC)CC(C)C(CC(N=C(NC(=O)c1ccc(C(F)(F)F)cc1)NC(C)(C)C)N(C)CC)c1ccc(C)cc1. The number of hydrogen-bond donors (Lipinski definition) is 2. The number of nitrogens with zero attached hydrogens (tertiary/aromatic N) is 2. The molecule has 0 fully saturated rings. The van der Waals surface area contributed by atoms with Crippen LogP contribution in [0.3, 0.4) is 0 Å². The van der Waals surface area contributed by atoms with E-state index in [-0.39, 0.29) is 17.6 Å². The van der Waals surface area contributed by atoms with Crippen molar-refractivity contribution < 1.29 is 18.0 Å². The molecule has 0 aliphatic rings. The minimum absolute atomic E-state index is 0.128. The van der Waals surface area contributed by atoms with E-state index in [1.54, 1.807) is 0 Å². The fraction of sp³-hybridized carbons (Fsp3) is 0.588. The standard InChI is InChI=1S/C34H51F3N4O/c1-10-25(11-2)21-24(5)29(26-15-13-23(4)14-16-26)22-30(41(9)12-3)38-32(40-33(6,7)8)39-31(42)27-17-19-28(20-18-27)34(35,36)37/h13-20,24-25,29-30H,10-12,21-22H2,1-9H3,(H2,38,39,40,42). The lowest BCUT2D eigenvalue weighted by Gasteiger charge is -2.34. The molecule has 0 saturated heterocycles. The Morgan fingerprint density at radius 2 is 1.50 bits per heavy atom. The average molecular weight is 589 g/mol. The summed E-state index contributed by atoms with van der Waals surface area (Å²) >= 11 is 0. The molecule has 42 heavy (non-hydrogen) atoms. The van der Waals surface area contributed by atoms with Crippen LogP contribution in [0.5, 0.6) is 0 Å². The molecule has 0 aliphatic carbocycles. The van der Waals surface area contributed by atoms with Crippen molar-refractivity contribution in [3.8, 4) is 0 Å². The second kappa shape index (κ2) is 15.6. The first-order valence-electron chi connectivity index (χ1n) is 15.2. The van der Waals surface area contributed by atoms with E-state index >= 15 is 0 Å². The zero-order valence-electron chi connectivity index (χ0n) is 26.9. The van der Waals surface area contributed by atoms with Gasteiger partial charge in [-0.1, -0.05) is 70.4 Å². The maximum absolute atomic E-state index is 13.2. The number of benzene rings is 2. The zero-order valence-corrected chi connectivity index (χ0v) is 26.9. The van der Waals surface area contributed by atoms with Crippen LogP contribution in [-0.2, 0) is 6.18 Å². The number of carbonyl (C=O) groups is 1. The number of nitrogens with one attached hydrogen (secondary N) is 2. The van der Waals surface area contributed by atoms with E-state index in [4.69, 9.17) is 4.99 Å². The number of aliphatic imine (C=N–C) groups is 1. The summed E-state index contributed by atoms with van der Waals surface area (Å²) in [7, 11) is 2.03. The summed E-state index contributed by atoms with van der Waals surface area (Å²) in [5.74, 6) is 1.10. The Morgan fingerprint density at radius 1 is 0.929 bits per heavy atom. The lowest BCUT2D eigenvalue weighted by Crippen LogP contribution is -2.50. The summed E-state index contributed by atoms with van der Waals surface area (Å²) in [5, 5.41) is 6.16. The van der Waals surface area contributed by atoms with E-state index in [1.165, 1.54) is 23.3 Å². The predicted octanol–water partition coefficient (Wildman–Crippen LogP) is 8.40. The Balaban J connectivity index is 2.47. The largest absolute Gasteiger partial charge is 0.416 e.